The molecule has 1 aliphatic heterocycles. The van der Waals surface area contributed by atoms with E-state index < -0.39 is 23.4 Å². The highest BCUT2D eigenvalue weighted by Crippen LogP contribution is 2.42. The van der Waals surface area contributed by atoms with Crippen molar-refractivity contribution in [1.29, 1.82) is 5.26 Å². The molecule has 4 N–H and O–H groups in total. The molecule has 0 amide bonds. The molecular formula is C29H22BCl2F4N7O. The van der Waals surface area contributed by atoms with Gasteiger partial charge in [-0.25, -0.2) is 4.39 Å². The molecule has 1 fully saturated rings. The summed E-state index contributed by atoms with van der Waals surface area (Å²) in [7, 11) is 1.91. The van der Waals surface area contributed by atoms with E-state index in [1.54, 1.807) is 24.3 Å². The number of aromatic nitrogens is 1. The predicted octanol–water partition coefficient (Wildman–Crippen LogP) is 6.42. The average molecular weight is 642 g/mol. The number of ether oxygens (including phenoxy) is 1. The van der Waals surface area contributed by atoms with Crippen molar-refractivity contribution in [3.63, 3.8) is 0 Å². The summed E-state index contributed by atoms with van der Waals surface area (Å²) in [6, 6.07) is 15.8. The molecule has 1 unspecified atom stereocenters. The Kier molecular flexibility index (Phi) is 7.61. The fourth-order valence-corrected chi connectivity index (χ4v) is 5.49. The van der Waals surface area contributed by atoms with Gasteiger partial charge in [0.25, 0.3) is 0 Å². The molecule has 0 spiro atoms. The Bertz CT molecular complexity index is 1830. The van der Waals surface area contributed by atoms with Crippen LogP contribution in [0.3, 0.4) is 0 Å². The van der Waals surface area contributed by atoms with E-state index >= 15 is 0 Å². The molecule has 3 aromatic carbocycles. The Morgan fingerprint density at radius 2 is 1.84 bits per heavy atom. The highest BCUT2D eigenvalue weighted by molar-refractivity contribution is 6.36. The third kappa shape index (κ3) is 5.88. The Morgan fingerprint density at radius 3 is 2.52 bits per heavy atom. The Hall–Kier alpha value is -4.38. The number of rotatable bonds is 8. The first-order valence-corrected chi connectivity index (χ1v) is 14.1. The van der Waals surface area contributed by atoms with Crippen LogP contribution in [-0.4, -0.2) is 30.2 Å². The monoisotopic (exact) mass is 641 g/mol. The molecule has 1 aromatic heterocycles. The van der Waals surface area contributed by atoms with Crippen molar-refractivity contribution in [3.05, 3.63) is 99.7 Å². The van der Waals surface area contributed by atoms with Crippen LogP contribution in [0, 0.1) is 17.1 Å². The predicted molar refractivity (Wildman–Crippen MR) is 162 cm³/mol. The van der Waals surface area contributed by atoms with Crippen LogP contribution >= 0.6 is 23.2 Å². The first-order valence-electron chi connectivity index (χ1n) is 13.4. The Morgan fingerprint density at radius 1 is 1.09 bits per heavy atom. The maximum Gasteiger partial charge on any atom is 0.573 e. The number of hydrogen-bond acceptors (Lipinski definition) is 8. The summed E-state index contributed by atoms with van der Waals surface area (Å²) < 4.78 is 57.8. The van der Waals surface area contributed by atoms with Crippen LogP contribution < -0.4 is 26.3 Å². The highest BCUT2D eigenvalue weighted by Gasteiger charge is 2.38. The zero-order chi connectivity index (χ0) is 31.2. The molecule has 8 nitrogen and oxygen atoms in total. The van der Waals surface area contributed by atoms with Gasteiger partial charge in [-0.3, -0.25) is 9.99 Å². The zero-order valence-corrected chi connectivity index (χ0v) is 24.4. The van der Waals surface area contributed by atoms with Crippen molar-refractivity contribution in [1.82, 2.24) is 21.0 Å². The Labute approximate surface area is 259 Å². The van der Waals surface area contributed by atoms with Crippen molar-refractivity contribution in [3.8, 4) is 11.8 Å². The smallest absolute Gasteiger partial charge is 0.402 e. The highest BCUT2D eigenvalue weighted by atomic mass is 35.5. The summed E-state index contributed by atoms with van der Waals surface area (Å²) in [6.45, 7) is 0. The maximum atomic E-state index is 13.9. The van der Waals surface area contributed by atoms with E-state index in [2.05, 4.69) is 31.3 Å². The van der Waals surface area contributed by atoms with Crippen LogP contribution in [0.4, 0.5) is 34.6 Å². The molecule has 1 atom stereocenters. The summed E-state index contributed by atoms with van der Waals surface area (Å²) in [5.74, 6) is -1.05. The standard InChI is InChI=1S/C29H22BCl2F4N7O/c30-28(16-4-6-17(33)7-5-16,24-14-43(42-41-24)19-8-9-19)40-18-10-20-25(15(12-37)13-38-26(20)22(32)11-18)39-23-3-1-2-21(31)27(23)44-29(34,35)36/h1-7,10-11,13-14,19,40-42H,8-9,30H2,(H,38,39). The average Bonchev–Trinajstić information content (AvgIpc) is 3.70. The number of halogens is 6. The first-order chi connectivity index (χ1) is 20.9. The maximum absolute atomic E-state index is 13.9. The van der Waals surface area contributed by atoms with Crippen molar-refractivity contribution in [2.75, 3.05) is 10.6 Å². The number of benzene rings is 3. The second-order valence-electron chi connectivity index (χ2n) is 10.5. The van der Waals surface area contributed by atoms with E-state index in [0.29, 0.717) is 22.6 Å². The fraction of sp³-hybridized carbons (Fsp3) is 0.172. The van der Waals surface area contributed by atoms with Crippen LogP contribution in [0.2, 0.25) is 10.0 Å². The molecule has 1 saturated carbocycles. The third-order valence-electron chi connectivity index (χ3n) is 7.37. The minimum Gasteiger partial charge on any atom is -0.402 e. The van der Waals surface area contributed by atoms with E-state index in [4.69, 9.17) is 23.2 Å². The Balaban J connectivity index is 1.46. The quantitative estimate of drug-likeness (QED) is 0.129. The van der Waals surface area contributed by atoms with Gasteiger partial charge in [-0.05, 0) is 54.8 Å². The number of hydrazine groups is 2. The molecular weight excluding hydrogens is 620 g/mol. The lowest BCUT2D eigenvalue weighted by Gasteiger charge is -2.34. The lowest BCUT2D eigenvalue weighted by Crippen LogP contribution is -2.45. The molecule has 0 bridgehead atoms. The van der Waals surface area contributed by atoms with Crippen molar-refractivity contribution in [2.45, 2.75) is 30.7 Å². The van der Waals surface area contributed by atoms with Crippen molar-refractivity contribution in [2.24, 2.45) is 0 Å². The number of fused-ring (bicyclic) bond motifs is 1. The molecule has 44 heavy (non-hydrogen) atoms. The number of nitrogens with one attached hydrogen (secondary N) is 4. The van der Waals surface area contributed by atoms with Crippen molar-refractivity contribution >= 4 is 59.0 Å². The van der Waals surface area contributed by atoms with Gasteiger partial charge in [-0.15, -0.1) is 18.7 Å². The first kappa shape index (κ1) is 29.7. The van der Waals surface area contributed by atoms with Crippen LogP contribution in [0.1, 0.15) is 24.0 Å². The molecule has 6 rings (SSSR count). The summed E-state index contributed by atoms with van der Waals surface area (Å²) in [4.78, 5) is 4.33. The number of alkyl halides is 3. The van der Waals surface area contributed by atoms with Crippen LogP contribution in [0.25, 0.3) is 10.9 Å². The van der Waals surface area contributed by atoms with Crippen molar-refractivity contribution < 1.29 is 22.3 Å². The van der Waals surface area contributed by atoms with E-state index in [-0.39, 0.29) is 27.0 Å². The lowest BCUT2D eigenvalue weighted by molar-refractivity contribution is -0.274. The molecule has 1 aliphatic carbocycles. The van der Waals surface area contributed by atoms with Gasteiger partial charge in [-0.1, -0.05) is 41.4 Å². The fourth-order valence-electron chi connectivity index (χ4n) is 5.01. The normalized spacial score (nSPS) is 16.1. The summed E-state index contributed by atoms with van der Waals surface area (Å²) in [5.41, 5.74) is 7.70. The SMILES string of the molecule is BC(Nc1cc(Cl)c2ncc(C#N)c(Nc3cccc(Cl)c3OC(F)(F)F)c2c1)(C1=CN(C2CC2)NN1)c1ccc(F)cc1. The van der Waals surface area contributed by atoms with Gasteiger partial charge in [0.2, 0.25) is 0 Å². The second-order valence-corrected chi connectivity index (χ2v) is 11.3. The van der Waals surface area contributed by atoms with E-state index in [0.717, 1.165) is 24.1 Å². The number of anilines is 3. The molecule has 0 saturated heterocycles. The van der Waals surface area contributed by atoms with Gasteiger partial charge in [-0.2, -0.15) is 5.26 Å². The summed E-state index contributed by atoms with van der Waals surface area (Å²) >= 11 is 12.8. The van der Waals surface area contributed by atoms with Gasteiger partial charge in [0.15, 0.2) is 5.75 Å². The molecule has 4 aromatic rings. The number of para-hydroxylation sites is 1. The van der Waals surface area contributed by atoms with Crippen LogP contribution in [0.15, 0.2) is 72.7 Å². The second kappa shape index (κ2) is 11.3. The number of pyridine rings is 1. The molecule has 2 aliphatic rings. The largest absolute Gasteiger partial charge is 0.573 e. The number of nitriles is 1. The van der Waals surface area contributed by atoms with Crippen LogP contribution in [0.5, 0.6) is 5.75 Å². The topological polar surface area (TPSA) is 97.3 Å². The number of hydrogen-bond donors (Lipinski definition) is 4. The van der Waals surface area contributed by atoms with Crippen LogP contribution in [-0.2, 0) is 5.44 Å². The van der Waals surface area contributed by atoms with E-state index in [1.807, 2.05) is 25.1 Å². The van der Waals surface area contributed by atoms with Gasteiger partial charge in [0.05, 0.1) is 43.6 Å². The minimum atomic E-state index is -5.02. The van der Waals surface area contributed by atoms with Gasteiger partial charge in [0.1, 0.15) is 19.7 Å². The molecule has 2 heterocycles. The van der Waals surface area contributed by atoms with Gasteiger partial charge in [0, 0.05) is 29.5 Å². The zero-order valence-electron chi connectivity index (χ0n) is 22.9. The molecule has 0 radical (unpaired) electrons. The molecule has 15 heteroatoms. The molecule has 224 valence electrons. The minimum absolute atomic E-state index is 0.0365. The third-order valence-corrected chi connectivity index (χ3v) is 7.96. The van der Waals surface area contributed by atoms with E-state index in [1.165, 1.54) is 36.5 Å². The number of nitrogens with zero attached hydrogens (tertiary/aromatic N) is 3. The summed E-state index contributed by atoms with van der Waals surface area (Å²) in [6.07, 6.45) is 0.294. The van der Waals surface area contributed by atoms with E-state index in [9.17, 15) is 22.8 Å². The lowest BCUT2D eigenvalue weighted by atomic mass is 9.69. The van der Waals surface area contributed by atoms with Gasteiger partial charge < -0.3 is 20.8 Å². The van der Waals surface area contributed by atoms with Gasteiger partial charge >= 0.3 is 6.36 Å². The summed E-state index contributed by atoms with van der Waals surface area (Å²) in [5, 5.41) is 18.5.